The minimum absolute atomic E-state index is 0.00848. The predicted octanol–water partition coefficient (Wildman–Crippen LogP) is 6.37. The molecule has 0 amide bonds. The molecule has 168 valence electrons. The molecule has 0 saturated carbocycles. The molecular weight excluding hydrogens is 412 g/mol. The lowest BCUT2D eigenvalue weighted by Gasteiger charge is -2.14. The van der Waals surface area contributed by atoms with E-state index in [-0.39, 0.29) is 6.61 Å². The van der Waals surface area contributed by atoms with Crippen molar-refractivity contribution in [1.29, 1.82) is 0 Å². The standard InChI is InChI=1S/C29H28O4/c1-19(2)25-17-26-23(16-28(30)33-27(26)15-20(25)3)18-32-29(31)24-12-8-7-11-22(24)14-13-21-9-5-4-6-10-21/h4-12,15-17,19H,13-14,18H2,1-3H3. The minimum Gasteiger partial charge on any atom is -0.457 e. The highest BCUT2D eigenvalue weighted by molar-refractivity contribution is 5.91. The fourth-order valence-corrected chi connectivity index (χ4v) is 4.22. The minimum atomic E-state index is -0.450. The second kappa shape index (κ2) is 9.86. The van der Waals surface area contributed by atoms with E-state index >= 15 is 0 Å². The van der Waals surface area contributed by atoms with Crippen molar-refractivity contribution in [2.45, 2.75) is 46.1 Å². The molecule has 0 aliphatic rings. The first kappa shape index (κ1) is 22.5. The van der Waals surface area contributed by atoms with E-state index in [1.165, 1.54) is 17.2 Å². The van der Waals surface area contributed by atoms with Crippen LogP contribution in [0, 0.1) is 6.92 Å². The van der Waals surface area contributed by atoms with Gasteiger partial charge in [-0.1, -0.05) is 62.4 Å². The monoisotopic (exact) mass is 440 g/mol. The van der Waals surface area contributed by atoms with Gasteiger partial charge < -0.3 is 9.15 Å². The molecule has 1 heterocycles. The molecule has 0 aliphatic heterocycles. The molecule has 0 fully saturated rings. The van der Waals surface area contributed by atoms with Gasteiger partial charge >= 0.3 is 11.6 Å². The van der Waals surface area contributed by atoms with Crippen LogP contribution in [0.3, 0.4) is 0 Å². The number of ether oxygens (including phenoxy) is 1. The highest BCUT2D eigenvalue weighted by atomic mass is 16.5. The highest BCUT2D eigenvalue weighted by Crippen LogP contribution is 2.27. The Bertz CT molecular complexity index is 1330. The van der Waals surface area contributed by atoms with E-state index in [2.05, 4.69) is 26.0 Å². The number of fused-ring (bicyclic) bond motifs is 1. The van der Waals surface area contributed by atoms with Gasteiger partial charge in [0.1, 0.15) is 12.2 Å². The summed E-state index contributed by atoms with van der Waals surface area (Å²) < 4.78 is 11.1. The van der Waals surface area contributed by atoms with Crippen molar-refractivity contribution < 1.29 is 13.9 Å². The van der Waals surface area contributed by atoms with Gasteiger partial charge in [0.2, 0.25) is 0 Å². The van der Waals surface area contributed by atoms with Crippen LogP contribution in [0.2, 0.25) is 0 Å². The third kappa shape index (κ3) is 5.23. The van der Waals surface area contributed by atoms with Gasteiger partial charge in [-0.25, -0.2) is 9.59 Å². The topological polar surface area (TPSA) is 56.5 Å². The van der Waals surface area contributed by atoms with E-state index < -0.39 is 11.6 Å². The zero-order valence-electron chi connectivity index (χ0n) is 19.3. The fraction of sp³-hybridized carbons (Fsp3) is 0.241. The molecule has 0 atom stereocenters. The molecule has 0 unspecified atom stereocenters. The first-order valence-electron chi connectivity index (χ1n) is 11.3. The fourth-order valence-electron chi connectivity index (χ4n) is 4.22. The van der Waals surface area contributed by atoms with Crippen molar-refractivity contribution in [3.63, 3.8) is 0 Å². The van der Waals surface area contributed by atoms with Gasteiger partial charge in [-0.2, -0.15) is 0 Å². The van der Waals surface area contributed by atoms with Crippen molar-refractivity contribution >= 4 is 16.9 Å². The van der Waals surface area contributed by atoms with Crippen LogP contribution < -0.4 is 5.63 Å². The van der Waals surface area contributed by atoms with E-state index in [1.807, 2.05) is 55.5 Å². The van der Waals surface area contributed by atoms with Crippen molar-refractivity contribution in [3.8, 4) is 0 Å². The maximum Gasteiger partial charge on any atom is 0.338 e. The molecule has 33 heavy (non-hydrogen) atoms. The van der Waals surface area contributed by atoms with Gasteiger partial charge in [-0.3, -0.25) is 0 Å². The number of benzene rings is 3. The number of esters is 1. The summed E-state index contributed by atoms with van der Waals surface area (Å²) >= 11 is 0. The summed E-state index contributed by atoms with van der Waals surface area (Å²) in [4.78, 5) is 25.1. The average molecular weight is 441 g/mol. The molecule has 1 aromatic heterocycles. The SMILES string of the molecule is Cc1cc2oc(=O)cc(COC(=O)c3ccccc3CCc3ccccc3)c2cc1C(C)C. The lowest BCUT2D eigenvalue weighted by molar-refractivity contribution is 0.0472. The average Bonchev–Trinajstić information content (AvgIpc) is 2.81. The van der Waals surface area contributed by atoms with Gasteiger partial charge in [0.15, 0.2) is 0 Å². The van der Waals surface area contributed by atoms with Gasteiger partial charge in [-0.15, -0.1) is 0 Å². The number of hydrogen-bond acceptors (Lipinski definition) is 4. The lowest BCUT2D eigenvalue weighted by atomic mass is 9.95. The molecular formula is C29H28O4. The summed E-state index contributed by atoms with van der Waals surface area (Å²) in [6, 6.07) is 23.1. The summed E-state index contributed by atoms with van der Waals surface area (Å²) in [5.74, 6) is -0.0653. The van der Waals surface area contributed by atoms with E-state index in [0.29, 0.717) is 22.6 Å². The number of rotatable bonds is 7. The van der Waals surface area contributed by atoms with Crippen molar-refractivity contribution in [2.24, 2.45) is 0 Å². The normalized spacial score (nSPS) is 11.2. The quantitative estimate of drug-likeness (QED) is 0.248. The Balaban J connectivity index is 1.56. The van der Waals surface area contributed by atoms with Gasteiger partial charge in [-0.05, 0) is 66.1 Å². The Kier molecular flexibility index (Phi) is 6.74. The second-order valence-electron chi connectivity index (χ2n) is 8.67. The van der Waals surface area contributed by atoms with Crippen molar-refractivity contribution in [3.05, 3.63) is 117 Å². The summed E-state index contributed by atoms with van der Waals surface area (Å²) in [7, 11) is 0. The van der Waals surface area contributed by atoms with Crippen LogP contribution in [0.15, 0.2) is 82.0 Å². The molecule has 4 aromatic rings. The Labute approximate surface area is 193 Å². The lowest BCUT2D eigenvalue weighted by Crippen LogP contribution is -2.11. The maximum atomic E-state index is 13.0. The second-order valence-corrected chi connectivity index (χ2v) is 8.67. The Morgan fingerprint density at radius 3 is 2.39 bits per heavy atom. The van der Waals surface area contributed by atoms with Crippen LogP contribution in [0.25, 0.3) is 11.0 Å². The molecule has 0 aliphatic carbocycles. The summed E-state index contributed by atoms with van der Waals surface area (Å²) in [5, 5.41) is 0.800. The molecule has 4 nitrogen and oxygen atoms in total. The van der Waals surface area contributed by atoms with E-state index in [9.17, 15) is 9.59 Å². The van der Waals surface area contributed by atoms with Crippen LogP contribution in [0.4, 0.5) is 0 Å². The summed E-state index contributed by atoms with van der Waals surface area (Å²) in [5.41, 5.74) is 5.68. The Morgan fingerprint density at radius 2 is 1.64 bits per heavy atom. The number of carbonyl (C=O) groups is 1. The highest BCUT2D eigenvalue weighted by Gasteiger charge is 2.16. The zero-order chi connectivity index (χ0) is 23.4. The molecule has 4 heteroatoms. The van der Waals surface area contributed by atoms with E-state index in [4.69, 9.17) is 9.15 Å². The molecule has 0 saturated heterocycles. The largest absolute Gasteiger partial charge is 0.457 e. The smallest absolute Gasteiger partial charge is 0.338 e. The molecule has 0 bridgehead atoms. The Hall–Kier alpha value is -3.66. The number of carbonyl (C=O) groups excluding carboxylic acids is 1. The molecule has 0 N–H and O–H groups in total. The van der Waals surface area contributed by atoms with E-state index in [1.54, 1.807) is 6.07 Å². The van der Waals surface area contributed by atoms with Crippen LogP contribution in [-0.4, -0.2) is 5.97 Å². The third-order valence-corrected chi connectivity index (χ3v) is 5.96. The Morgan fingerprint density at radius 1 is 0.909 bits per heavy atom. The van der Waals surface area contributed by atoms with Crippen LogP contribution >= 0.6 is 0 Å². The first-order valence-corrected chi connectivity index (χ1v) is 11.3. The van der Waals surface area contributed by atoms with Crippen molar-refractivity contribution in [2.75, 3.05) is 0 Å². The van der Waals surface area contributed by atoms with Crippen LogP contribution in [-0.2, 0) is 24.2 Å². The maximum absolute atomic E-state index is 13.0. The summed E-state index contributed by atoms with van der Waals surface area (Å²) in [6.45, 7) is 6.26. The van der Waals surface area contributed by atoms with Gasteiger partial charge in [0, 0.05) is 17.0 Å². The number of hydrogen-bond donors (Lipinski definition) is 0. The molecule has 4 rings (SSSR count). The summed E-state index contributed by atoms with van der Waals surface area (Å²) in [6.07, 6.45) is 1.58. The van der Waals surface area contributed by atoms with Gasteiger partial charge in [0.05, 0.1) is 5.56 Å². The third-order valence-electron chi connectivity index (χ3n) is 5.96. The predicted molar refractivity (Wildman–Crippen MR) is 131 cm³/mol. The van der Waals surface area contributed by atoms with Crippen LogP contribution in [0.1, 0.15) is 57.9 Å². The number of aryl methyl sites for hydroxylation is 3. The van der Waals surface area contributed by atoms with Crippen LogP contribution in [0.5, 0.6) is 0 Å². The van der Waals surface area contributed by atoms with Crippen molar-refractivity contribution in [1.82, 2.24) is 0 Å². The zero-order valence-corrected chi connectivity index (χ0v) is 19.3. The first-order chi connectivity index (χ1) is 15.9. The molecule has 3 aromatic carbocycles. The van der Waals surface area contributed by atoms with Gasteiger partial charge in [0.25, 0.3) is 0 Å². The molecule has 0 spiro atoms. The molecule has 0 radical (unpaired) electrons. The van der Waals surface area contributed by atoms with E-state index in [0.717, 1.165) is 29.4 Å².